The van der Waals surface area contributed by atoms with Gasteiger partial charge in [0.2, 0.25) is 0 Å². The van der Waals surface area contributed by atoms with E-state index >= 15 is 0 Å². The van der Waals surface area contributed by atoms with Crippen molar-refractivity contribution in [2.24, 2.45) is 0 Å². The molecule has 94 valence electrons. The first-order valence-electron chi connectivity index (χ1n) is 6.03. The number of rotatable bonds is 2. The number of hydrogen-bond donors (Lipinski definition) is 1. The molecule has 1 amide bonds. The van der Waals surface area contributed by atoms with E-state index in [9.17, 15) is 4.79 Å². The van der Waals surface area contributed by atoms with Crippen LogP contribution in [-0.2, 0) is 0 Å². The lowest BCUT2D eigenvalue weighted by atomic mass is 10.2. The van der Waals surface area contributed by atoms with E-state index in [1.165, 1.54) is 5.56 Å². The molecule has 1 heterocycles. The maximum atomic E-state index is 11.8. The fourth-order valence-electron chi connectivity index (χ4n) is 2.31. The van der Waals surface area contributed by atoms with Gasteiger partial charge in [0.1, 0.15) is 0 Å². The zero-order valence-corrected chi connectivity index (χ0v) is 11.2. The summed E-state index contributed by atoms with van der Waals surface area (Å²) in [6.07, 6.45) is 0. The molecule has 1 N–H and O–H groups in total. The molecular weight excluding hydrogens is 224 g/mol. The van der Waals surface area contributed by atoms with Crippen molar-refractivity contribution in [3.05, 3.63) is 52.8 Å². The molecule has 2 aromatic rings. The fourth-order valence-corrected chi connectivity index (χ4v) is 2.31. The third kappa shape index (κ3) is 1.92. The van der Waals surface area contributed by atoms with Crippen LogP contribution >= 0.6 is 0 Å². The first kappa shape index (κ1) is 12.4. The van der Waals surface area contributed by atoms with E-state index in [1.54, 1.807) is 7.05 Å². The van der Waals surface area contributed by atoms with Gasteiger partial charge in [0.15, 0.2) is 0 Å². The predicted octanol–water partition coefficient (Wildman–Crippen LogP) is 2.76. The summed E-state index contributed by atoms with van der Waals surface area (Å²) in [5.41, 5.74) is 5.10. The molecule has 1 aromatic carbocycles. The number of para-hydroxylation sites is 1. The Morgan fingerprint density at radius 3 is 2.44 bits per heavy atom. The van der Waals surface area contributed by atoms with Crippen molar-refractivity contribution in [2.45, 2.75) is 20.8 Å². The fraction of sp³-hybridized carbons (Fsp3) is 0.267. The average Bonchev–Trinajstić information content (AvgIpc) is 2.65. The number of benzene rings is 1. The molecule has 2 rings (SSSR count). The average molecular weight is 242 g/mol. The van der Waals surface area contributed by atoms with Crippen LogP contribution < -0.4 is 5.32 Å². The molecule has 0 aliphatic carbocycles. The SMILES string of the molecule is CNC(=O)c1cc(C)n(-c2ccccc2C)c1C. The highest BCUT2D eigenvalue weighted by Crippen LogP contribution is 2.22. The monoisotopic (exact) mass is 242 g/mol. The minimum absolute atomic E-state index is 0.0389. The molecule has 0 aliphatic heterocycles. The van der Waals surface area contributed by atoms with Crippen LogP contribution in [0, 0.1) is 20.8 Å². The topological polar surface area (TPSA) is 34.0 Å². The van der Waals surface area contributed by atoms with Crippen molar-refractivity contribution in [3.63, 3.8) is 0 Å². The van der Waals surface area contributed by atoms with Gasteiger partial charge in [0, 0.05) is 24.1 Å². The molecular formula is C15H18N2O. The van der Waals surface area contributed by atoms with Crippen molar-refractivity contribution in [2.75, 3.05) is 7.05 Å². The Kier molecular flexibility index (Phi) is 3.24. The van der Waals surface area contributed by atoms with Gasteiger partial charge in [-0.25, -0.2) is 0 Å². The van der Waals surface area contributed by atoms with E-state index in [-0.39, 0.29) is 5.91 Å². The highest BCUT2D eigenvalue weighted by Gasteiger charge is 2.16. The van der Waals surface area contributed by atoms with E-state index in [1.807, 2.05) is 32.0 Å². The Hall–Kier alpha value is -2.03. The van der Waals surface area contributed by atoms with Crippen molar-refractivity contribution >= 4 is 5.91 Å². The Labute approximate surface area is 107 Å². The van der Waals surface area contributed by atoms with Gasteiger partial charge in [0.25, 0.3) is 5.91 Å². The van der Waals surface area contributed by atoms with Crippen LogP contribution in [0.15, 0.2) is 30.3 Å². The quantitative estimate of drug-likeness (QED) is 0.863. The number of amides is 1. The zero-order valence-electron chi connectivity index (χ0n) is 11.2. The lowest BCUT2D eigenvalue weighted by Gasteiger charge is -2.12. The first-order chi connectivity index (χ1) is 8.56. The number of aromatic nitrogens is 1. The minimum atomic E-state index is -0.0389. The number of nitrogens with one attached hydrogen (secondary N) is 1. The molecule has 0 aliphatic rings. The largest absolute Gasteiger partial charge is 0.355 e. The molecule has 0 unspecified atom stereocenters. The highest BCUT2D eigenvalue weighted by atomic mass is 16.1. The Balaban J connectivity index is 2.63. The van der Waals surface area contributed by atoms with Gasteiger partial charge in [-0.1, -0.05) is 18.2 Å². The molecule has 0 fully saturated rings. The standard InChI is InChI=1S/C15H18N2O/c1-10-7-5-6-8-14(10)17-11(2)9-13(12(17)3)15(18)16-4/h5-9H,1-4H3,(H,16,18). The molecule has 0 spiro atoms. The summed E-state index contributed by atoms with van der Waals surface area (Å²) in [6, 6.07) is 10.1. The lowest BCUT2D eigenvalue weighted by molar-refractivity contribution is 0.0962. The second kappa shape index (κ2) is 4.69. The predicted molar refractivity (Wildman–Crippen MR) is 73.4 cm³/mol. The van der Waals surface area contributed by atoms with Crippen LogP contribution in [0.1, 0.15) is 27.3 Å². The second-order valence-corrected chi connectivity index (χ2v) is 4.49. The van der Waals surface area contributed by atoms with Crippen LogP contribution in [0.4, 0.5) is 0 Å². The van der Waals surface area contributed by atoms with Crippen LogP contribution in [0.25, 0.3) is 5.69 Å². The van der Waals surface area contributed by atoms with Crippen molar-refractivity contribution in [3.8, 4) is 5.69 Å². The maximum Gasteiger partial charge on any atom is 0.252 e. The maximum absolute atomic E-state index is 11.8. The number of hydrogen-bond acceptors (Lipinski definition) is 1. The number of nitrogens with zero attached hydrogens (tertiary/aromatic N) is 1. The summed E-state index contributed by atoms with van der Waals surface area (Å²) < 4.78 is 2.12. The van der Waals surface area contributed by atoms with E-state index < -0.39 is 0 Å². The Morgan fingerprint density at radius 1 is 1.17 bits per heavy atom. The van der Waals surface area contributed by atoms with Gasteiger partial charge in [-0.3, -0.25) is 4.79 Å². The number of carbonyl (C=O) groups is 1. The molecule has 3 nitrogen and oxygen atoms in total. The summed E-state index contributed by atoms with van der Waals surface area (Å²) in [5, 5.41) is 2.68. The van der Waals surface area contributed by atoms with Gasteiger partial charge >= 0.3 is 0 Å². The Morgan fingerprint density at radius 2 is 1.83 bits per heavy atom. The summed E-state index contributed by atoms with van der Waals surface area (Å²) in [4.78, 5) is 11.8. The van der Waals surface area contributed by atoms with Gasteiger partial charge in [-0.2, -0.15) is 0 Å². The summed E-state index contributed by atoms with van der Waals surface area (Å²) >= 11 is 0. The van der Waals surface area contributed by atoms with E-state index in [4.69, 9.17) is 0 Å². The molecule has 1 aromatic heterocycles. The molecule has 0 saturated carbocycles. The number of carbonyl (C=O) groups excluding carboxylic acids is 1. The molecule has 18 heavy (non-hydrogen) atoms. The molecule has 0 atom stereocenters. The van der Waals surface area contributed by atoms with E-state index in [2.05, 4.69) is 28.9 Å². The molecule has 0 bridgehead atoms. The normalized spacial score (nSPS) is 10.4. The van der Waals surface area contributed by atoms with Crippen molar-refractivity contribution in [1.29, 1.82) is 0 Å². The van der Waals surface area contributed by atoms with Gasteiger partial charge < -0.3 is 9.88 Å². The third-order valence-electron chi connectivity index (χ3n) is 3.26. The highest BCUT2D eigenvalue weighted by molar-refractivity contribution is 5.95. The third-order valence-corrected chi connectivity index (χ3v) is 3.26. The van der Waals surface area contributed by atoms with Crippen LogP contribution in [-0.4, -0.2) is 17.5 Å². The lowest BCUT2D eigenvalue weighted by Crippen LogP contribution is -2.18. The zero-order chi connectivity index (χ0) is 13.3. The van der Waals surface area contributed by atoms with Crippen LogP contribution in [0.3, 0.4) is 0 Å². The van der Waals surface area contributed by atoms with Gasteiger partial charge in [-0.15, -0.1) is 0 Å². The van der Waals surface area contributed by atoms with E-state index in [0.717, 1.165) is 22.6 Å². The van der Waals surface area contributed by atoms with Gasteiger partial charge in [-0.05, 0) is 38.5 Å². The van der Waals surface area contributed by atoms with Crippen LogP contribution in [0.5, 0.6) is 0 Å². The van der Waals surface area contributed by atoms with E-state index in [0.29, 0.717) is 0 Å². The molecule has 3 heteroatoms. The summed E-state index contributed by atoms with van der Waals surface area (Å²) in [7, 11) is 1.65. The smallest absolute Gasteiger partial charge is 0.252 e. The number of aryl methyl sites for hydroxylation is 2. The van der Waals surface area contributed by atoms with Gasteiger partial charge in [0.05, 0.1) is 5.56 Å². The van der Waals surface area contributed by atoms with Crippen molar-refractivity contribution < 1.29 is 4.79 Å². The summed E-state index contributed by atoms with van der Waals surface area (Å²) in [6.45, 7) is 6.07. The minimum Gasteiger partial charge on any atom is -0.355 e. The first-order valence-corrected chi connectivity index (χ1v) is 6.03. The van der Waals surface area contributed by atoms with Crippen LogP contribution in [0.2, 0.25) is 0 Å². The second-order valence-electron chi connectivity index (χ2n) is 4.49. The Bertz CT molecular complexity index is 597. The molecule has 0 radical (unpaired) electrons. The molecule has 0 saturated heterocycles. The summed E-state index contributed by atoms with van der Waals surface area (Å²) in [5.74, 6) is -0.0389. The van der Waals surface area contributed by atoms with Crippen molar-refractivity contribution in [1.82, 2.24) is 9.88 Å².